The van der Waals surface area contributed by atoms with Crippen LogP contribution in [-0.2, 0) is 29.0 Å². The van der Waals surface area contributed by atoms with Gasteiger partial charge in [-0.3, -0.25) is 19.7 Å². The zero-order valence-electron chi connectivity index (χ0n) is 23.4. The molecule has 1 N–H and O–H groups in total. The summed E-state index contributed by atoms with van der Waals surface area (Å²) in [5.74, 6) is 0.325. The molecule has 3 aromatic rings. The number of carbonyl (C=O) groups excluding carboxylic acids is 3. The fourth-order valence-corrected chi connectivity index (χ4v) is 7.05. The predicted molar refractivity (Wildman–Crippen MR) is 154 cm³/mol. The first-order valence-electron chi connectivity index (χ1n) is 14.4. The molecule has 0 saturated carbocycles. The fourth-order valence-electron chi connectivity index (χ4n) is 7.05. The summed E-state index contributed by atoms with van der Waals surface area (Å²) < 4.78 is 12.9. The van der Waals surface area contributed by atoms with E-state index in [-0.39, 0.29) is 37.2 Å². The number of anilines is 1. The number of benzene rings is 2. The minimum Gasteiger partial charge on any atom is -0.454 e. The van der Waals surface area contributed by atoms with E-state index in [0.717, 1.165) is 34.6 Å². The quantitative estimate of drug-likeness (QED) is 0.455. The van der Waals surface area contributed by atoms with E-state index in [1.54, 1.807) is 36.4 Å². The Morgan fingerprint density at radius 3 is 2.50 bits per heavy atom. The van der Waals surface area contributed by atoms with Gasteiger partial charge >= 0.3 is 6.03 Å². The molecule has 10 nitrogen and oxygen atoms in total. The number of likely N-dealkylation sites (tertiary alicyclic amines) is 1. The van der Waals surface area contributed by atoms with Crippen LogP contribution in [0.1, 0.15) is 36.1 Å². The van der Waals surface area contributed by atoms with E-state index < -0.39 is 23.3 Å². The van der Waals surface area contributed by atoms with E-state index in [2.05, 4.69) is 10.2 Å². The Labute approximate surface area is 242 Å². The third-order valence-corrected chi connectivity index (χ3v) is 9.07. The Morgan fingerprint density at radius 1 is 0.905 bits per heavy atom. The lowest BCUT2D eigenvalue weighted by atomic mass is 9.75. The van der Waals surface area contributed by atoms with Crippen LogP contribution in [0, 0.1) is 11.3 Å². The summed E-state index contributed by atoms with van der Waals surface area (Å²) in [6.07, 6.45) is 1.84. The molecule has 5 heterocycles. The number of imide groups is 2. The van der Waals surface area contributed by atoms with Crippen LogP contribution in [0.25, 0.3) is 0 Å². The minimum absolute atomic E-state index is 0.00000951. The molecule has 0 aliphatic carbocycles. The van der Waals surface area contributed by atoms with E-state index in [1.165, 1.54) is 0 Å². The number of aromatic nitrogens is 1. The zero-order chi connectivity index (χ0) is 29.0. The molecule has 2 saturated heterocycles. The molecule has 7 rings (SSSR count). The zero-order valence-corrected chi connectivity index (χ0v) is 23.4. The molecule has 2 fully saturated rings. The van der Waals surface area contributed by atoms with Crippen molar-refractivity contribution in [3.05, 3.63) is 87.8 Å². The van der Waals surface area contributed by atoms with E-state index in [9.17, 15) is 19.2 Å². The Bertz CT molecular complexity index is 1650. The fraction of sp³-hybridized carbons (Fsp3) is 0.375. The Morgan fingerprint density at radius 2 is 1.69 bits per heavy atom. The highest BCUT2D eigenvalue weighted by atomic mass is 16.7. The minimum atomic E-state index is -1.58. The van der Waals surface area contributed by atoms with Crippen molar-refractivity contribution >= 4 is 23.5 Å². The summed E-state index contributed by atoms with van der Waals surface area (Å²) in [6.45, 7) is 4.12. The second-order valence-electron chi connectivity index (χ2n) is 11.8. The van der Waals surface area contributed by atoms with Crippen LogP contribution in [-0.4, -0.2) is 53.7 Å². The monoisotopic (exact) mass is 568 g/mol. The van der Waals surface area contributed by atoms with Crippen LogP contribution in [0.4, 0.5) is 10.5 Å². The molecule has 1 aromatic heterocycles. The van der Waals surface area contributed by atoms with Crippen molar-refractivity contribution in [3.63, 3.8) is 0 Å². The van der Waals surface area contributed by atoms with Crippen LogP contribution in [0.5, 0.6) is 11.5 Å². The van der Waals surface area contributed by atoms with Gasteiger partial charge in [0.25, 0.3) is 11.5 Å². The largest absolute Gasteiger partial charge is 0.454 e. The van der Waals surface area contributed by atoms with Gasteiger partial charge < -0.3 is 18.9 Å². The highest BCUT2D eigenvalue weighted by molar-refractivity contribution is 6.30. The summed E-state index contributed by atoms with van der Waals surface area (Å²) in [5.41, 5.74) is 1.63. The topological polar surface area (TPSA) is 110 Å². The summed E-state index contributed by atoms with van der Waals surface area (Å²) in [4.78, 5) is 57.4. The van der Waals surface area contributed by atoms with Gasteiger partial charge in [0.1, 0.15) is 5.41 Å². The number of ether oxygens (including phenoxy) is 2. The summed E-state index contributed by atoms with van der Waals surface area (Å²) in [6, 6.07) is 17.3. The van der Waals surface area contributed by atoms with Crippen molar-refractivity contribution in [1.29, 1.82) is 0 Å². The maximum atomic E-state index is 14.5. The summed E-state index contributed by atoms with van der Waals surface area (Å²) in [5, 5.41) is 2.51. The standard InChI is InChI=1S/C32H32N4O6/c1-2-20-6-9-24(10-7-20)36-30(39)32(29(38)33-31(36)40,14-21-8-11-26-27(13-21)42-19-41-26)18-34-15-22-12-23(17-34)25-4-3-5-28(37)35(25)16-22/h3-11,13,22-23H,2,12,14-19H2,1H3,(H,33,38,40)/t22-,23+,32-/m0/s1. The van der Waals surface area contributed by atoms with Gasteiger partial charge in [0.15, 0.2) is 11.5 Å². The first-order valence-corrected chi connectivity index (χ1v) is 14.4. The molecule has 2 aromatic carbocycles. The molecule has 0 unspecified atom stereocenters. The normalized spacial score (nSPS) is 24.9. The third kappa shape index (κ3) is 4.37. The number of barbiturate groups is 1. The second kappa shape index (κ2) is 10.1. The van der Waals surface area contributed by atoms with Crippen LogP contribution in [0.2, 0.25) is 0 Å². The van der Waals surface area contributed by atoms with Crippen molar-refractivity contribution in [3.8, 4) is 11.5 Å². The van der Waals surface area contributed by atoms with Crippen LogP contribution in [0.3, 0.4) is 0 Å². The van der Waals surface area contributed by atoms with Gasteiger partial charge in [-0.15, -0.1) is 0 Å². The first-order chi connectivity index (χ1) is 20.3. The maximum absolute atomic E-state index is 14.5. The lowest BCUT2D eigenvalue weighted by Gasteiger charge is -2.47. The maximum Gasteiger partial charge on any atom is 0.335 e. The average Bonchev–Trinajstić information content (AvgIpc) is 3.45. The van der Waals surface area contributed by atoms with E-state index >= 15 is 0 Å². The number of pyridine rings is 1. The molecule has 0 spiro atoms. The molecule has 0 radical (unpaired) electrons. The molecule has 4 aliphatic rings. The van der Waals surface area contributed by atoms with E-state index in [4.69, 9.17) is 9.47 Å². The number of fused-ring (bicyclic) bond motifs is 5. The number of nitrogens with one attached hydrogen (secondary N) is 1. The number of piperidine rings is 1. The van der Waals surface area contributed by atoms with Crippen molar-refractivity contribution in [1.82, 2.24) is 14.8 Å². The number of hydrogen-bond donors (Lipinski definition) is 1. The van der Waals surface area contributed by atoms with Crippen LogP contribution in [0.15, 0.2) is 65.5 Å². The second-order valence-corrected chi connectivity index (χ2v) is 11.8. The molecular formula is C32H32N4O6. The van der Waals surface area contributed by atoms with Gasteiger partial charge in [0.2, 0.25) is 12.7 Å². The SMILES string of the molecule is CCc1ccc(N2C(=O)NC(=O)[C@](Cc3ccc4c(c3)OCO4)(CN3C[C@@H]4C[C@H](C3)c3cccc(=O)n3C4)C2=O)cc1. The number of aryl methyl sites for hydroxylation is 1. The Hall–Kier alpha value is -4.44. The predicted octanol–water partition coefficient (Wildman–Crippen LogP) is 3.07. The average molecular weight is 569 g/mol. The van der Waals surface area contributed by atoms with E-state index in [1.807, 2.05) is 35.8 Å². The number of hydrogen-bond acceptors (Lipinski definition) is 7. The molecule has 2 bridgehead atoms. The van der Waals surface area contributed by atoms with Crippen LogP contribution >= 0.6 is 0 Å². The van der Waals surface area contributed by atoms with Crippen LogP contribution < -0.4 is 25.2 Å². The molecular weight excluding hydrogens is 536 g/mol. The molecule has 216 valence electrons. The number of carbonyl (C=O) groups is 3. The number of urea groups is 1. The molecule has 4 aliphatic heterocycles. The number of nitrogens with zero attached hydrogens (tertiary/aromatic N) is 3. The van der Waals surface area contributed by atoms with Gasteiger partial charge in [-0.1, -0.05) is 31.2 Å². The first kappa shape index (κ1) is 26.5. The highest BCUT2D eigenvalue weighted by Gasteiger charge is 2.56. The van der Waals surface area contributed by atoms with Gasteiger partial charge in [0.05, 0.1) is 5.69 Å². The molecule has 42 heavy (non-hydrogen) atoms. The van der Waals surface area contributed by atoms with Gasteiger partial charge in [-0.05, 0) is 66.6 Å². The molecule has 4 amide bonds. The third-order valence-electron chi connectivity index (χ3n) is 9.07. The molecule has 10 heteroatoms. The summed E-state index contributed by atoms with van der Waals surface area (Å²) >= 11 is 0. The summed E-state index contributed by atoms with van der Waals surface area (Å²) in [7, 11) is 0. The number of rotatable bonds is 6. The number of amides is 4. The van der Waals surface area contributed by atoms with Gasteiger partial charge in [0, 0.05) is 43.9 Å². The Kier molecular flexibility index (Phi) is 6.38. The highest BCUT2D eigenvalue weighted by Crippen LogP contribution is 2.40. The molecule has 3 atom stereocenters. The van der Waals surface area contributed by atoms with Gasteiger partial charge in [-0.2, -0.15) is 0 Å². The van der Waals surface area contributed by atoms with Crippen molar-refractivity contribution in [2.45, 2.75) is 38.6 Å². The smallest absolute Gasteiger partial charge is 0.335 e. The van der Waals surface area contributed by atoms with Crippen molar-refractivity contribution in [2.24, 2.45) is 11.3 Å². The van der Waals surface area contributed by atoms with Crippen molar-refractivity contribution < 1.29 is 23.9 Å². The lowest BCUT2D eigenvalue weighted by Crippen LogP contribution is -2.68. The van der Waals surface area contributed by atoms with Crippen molar-refractivity contribution in [2.75, 3.05) is 31.3 Å². The van der Waals surface area contributed by atoms with E-state index in [0.29, 0.717) is 36.8 Å². The lowest BCUT2D eigenvalue weighted by molar-refractivity contribution is -0.144. The van der Waals surface area contributed by atoms with Gasteiger partial charge in [-0.25, -0.2) is 9.69 Å². The Balaban J connectivity index is 1.26.